The van der Waals surface area contributed by atoms with Crippen LogP contribution in [0, 0.1) is 5.82 Å². The normalized spacial score (nSPS) is 16.9. The van der Waals surface area contributed by atoms with Gasteiger partial charge in [0.15, 0.2) is 0 Å². The Morgan fingerprint density at radius 3 is 2.59 bits per heavy atom. The topological polar surface area (TPSA) is 84.4 Å². The first-order valence-corrected chi connectivity index (χ1v) is 9.39. The molecule has 0 spiro atoms. The first-order valence-electron chi connectivity index (χ1n) is 9.39. The largest absolute Gasteiger partial charge is 0.370 e. The lowest BCUT2D eigenvalue weighted by atomic mass is 10.1. The Morgan fingerprint density at radius 2 is 1.83 bits per heavy atom. The quantitative estimate of drug-likeness (QED) is 0.728. The van der Waals surface area contributed by atoms with Crippen molar-refractivity contribution >= 4 is 16.7 Å². The monoisotopic (exact) mass is 397 g/mol. The number of aryl methyl sites for hydroxylation is 1. The molecule has 1 amide bonds. The lowest BCUT2D eigenvalue weighted by Gasteiger charge is -2.33. The Labute approximate surface area is 165 Å². The maximum absolute atomic E-state index is 13.1. The molecule has 0 radical (unpaired) electrons. The highest BCUT2D eigenvalue weighted by atomic mass is 19.1. The van der Waals surface area contributed by atoms with Gasteiger partial charge in [0.1, 0.15) is 11.9 Å². The average molecular weight is 397 g/mol. The Hall–Kier alpha value is -3.26. The summed E-state index contributed by atoms with van der Waals surface area (Å²) in [5.41, 5.74) is 0.105. The van der Waals surface area contributed by atoms with Crippen molar-refractivity contribution in [2.75, 3.05) is 19.7 Å². The Bertz CT molecular complexity index is 1150. The van der Waals surface area contributed by atoms with Crippen molar-refractivity contribution in [1.29, 1.82) is 0 Å². The van der Waals surface area contributed by atoms with Crippen LogP contribution in [0.25, 0.3) is 10.8 Å². The molecular weight excluding hydrogens is 377 g/mol. The average Bonchev–Trinajstić information content (AvgIpc) is 2.75. The van der Waals surface area contributed by atoms with Gasteiger partial charge in [-0.3, -0.25) is 19.5 Å². The van der Waals surface area contributed by atoms with Crippen LogP contribution in [0.5, 0.6) is 0 Å². The second kappa shape index (κ2) is 8.00. The summed E-state index contributed by atoms with van der Waals surface area (Å²) in [5.74, 6) is -0.464. The molecule has 0 aliphatic carbocycles. The smallest absolute Gasteiger partial charge is 0.273 e. The SMILES string of the molecule is O=C(CCn1[nH]c(=O)c2ccccc2c1=O)N1CCOC(c2ccc(F)cc2)C1. The molecule has 4 rings (SSSR count). The summed E-state index contributed by atoms with van der Waals surface area (Å²) in [6, 6.07) is 12.6. The number of H-pyrrole nitrogens is 1. The Morgan fingerprint density at radius 1 is 1.10 bits per heavy atom. The van der Waals surface area contributed by atoms with Gasteiger partial charge in [-0.25, -0.2) is 9.07 Å². The highest BCUT2D eigenvalue weighted by Gasteiger charge is 2.25. The first-order chi connectivity index (χ1) is 14.0. The number of hydrogen-bond donors (Lipinski definition) is 1. The lowest BCUT2D eigenvalue weighted by molar-refractivity contribution is -0.139. The molecule has 1 aliphatic rings. The fourth-order valence-corrected chi connectivity index (χ4v) is 3.52. The highest BCUT2D eigenvalue weighted by molar-refractivity contribution is 5.80. The van der Waals surface area contributed by atoms with Crippen LogP contribution >= 0.6 is 0 Å². The molecule has 150 valence electrons. The standard InChI is InChI=1S/C21H20FN3O4/c22-15-7-5-14(6-8-15)18-13-24(11-12-29-18)19(26)9-10-25-21(28)17-4-2-1-3-16(17)20(27)23-25/h1-8,18H,9-13H2,(H,23,27). The zero-order chi connectivity index (χ0) is 20.4. The summed E-state index contributed by atoms with van der Waals surface area (Å²) in [6.07, 6.45) is -0.249. The minimum absolute atomic E-state index is 0.0737. The molecular formula is C21H20FN3O4. The maximum Gasteiger partial charge on any atom is 0.273 e. The van der Waals surface area contributed by atoms with E-state index in [2.05, 4.69) is 5.10 Å². The van der Waals surface area contributed by atoms with Crippen molar-refractivity contribution in [2.45, 2.75) is 19.1 Å². The van der Waals surface area contributed by atoms with Gasteiger partial charge in [-0.2, -0.15) is 0 Å². The molecule has 7 nitrogen and oxygen atoms in total. The summed E-state index contributed by atoms with van der Waals surface area (Å²) in [6.45, 7) is 1.25. The molecule has 1 atom stereocenters. The predicted molar refractivity (Wildman–Crippen MR) is 105 cm³/mol. The molecule has 3 aromatic rings. The van der Waals surface area contributed by atoms with Gasteiger partial charge >= 0.3 is 0 Å². The van der Waals surface area contributed by atoms with Crippen LogP contribution in [0.15, 0.2) is 58.1 Å². The number of amides is 1. The van der Waals surface area contributed by atoms with Gasteiger partial charge in [0.05, 0.1) is 30.5 Å². The van der Waals surface area contributed by atoms with Gasteiger partial charge < -0.3 is 9.64 Å². The van der Waals surface area contributed by atoms with Crippen molar-refractivity contribution in [3.05, 3.63) is 80.6 Å². The van der Waals surface area contributed by atoms with Crippen molar-refractivity contribution in [3.8, 4) is 0 Å². The summed E-state index contributed by atoms with van der Waals surface area (Å²) >= 11 is 0. The Balaban J connectivity index is 1.45. The fraction of sp³-hybridized carbons (Fsp3) is 0.286. The molecule has 1 unspecified atom stereocenters. The van der Waals surface area contributed by atoms with Crippen LogP contribution in [-0.4, -0.2) is 40.3 Å². The van der Waals surface area contributed by atoms with E-state index in [9.17, 15) is 18.8 Å². The number of nitrogens with zero attached hydrogens (tertiary/aromatic N) is 2. The molecule has 0 bridgehead atoms. The van der Waals surface area contributed by atoms with Gasteiger partial charge in [0.2, 0.25) is 5.91 Å². The summed E-state index contributed by atoms with van der Waals surface area (Å²) in [4.78, 5) is 39.1. The zero-order valence-corrected chi connectivity index (χ0v) is 15.6. The molecule has 8 heteroatoms. The number of hydrogen-bond acceptors (Lipinski definition) is 4. The molecule has 1 aromatic heterocycles. The van der Waals surface area contributed by atoms with Crippen LogP contribution < -0.4 is 11.1 Å². The number of morpholine rings is 1. The third kappa shape index (κ3) is 3.97. The summed E-state index contributed by atoms with van der Waals surface area (Å²) in [5, 5.41) is 3.19. The molecule has 2 heterocycles. The van der Waals surface area contributed by atoms with Gasteiger partial charge in [-0.05, 0) is 29.8 Å². The van der Waals surface area contributed by atoms with E-state index < -0.39 is 0 Å². The number of fused-ring (bicyclic) bond motifs is 1. The third-order valence-corrected chi connectivity index (χ3v) is 5.09. The van der Waals surface area contributed by atoms with Crippen molar-refractivity contribution in [1.82, 2.24) is 14.7 Å². The molecule has 1 fully saturated rings. The maximum atomic E-state index is 13.1. The minimum Gasteiger partial charge on any atom is -0.370 e. The van der Waals surface area contributed by atoms with E-state index in [1.165, 1.54) is 16.8 Å². The summed E-state index contributed by atoms with van der Waals surface area (Å²) in [7, 11) is 0. The molecule has 1 N–H and O–H groups in total. The van der Waals surface area contributed by atoms with Gasteiger partial charge in [0.25, 0.3) is 11.1 Å². The van der Waals surface area contributed by atoms with E-state index in [-0.39, 0.29) is 41.9 Å². The predicted octanol–water partition coefficient (Wildman–Crippen LogP) is 1.82. The second-order valence-electron chi connectivity index (χ2n) is 6.94. The van der Waals surface area contributed by atoms with Gasteiger partial charge in [-0.1, -0.05) is 24.3 Å². The van der Waals surface area contributed by atoms with E-state index in [4.69, 9.17) is 4.74 Å². The highest BCUT2D eigenvalue weighted by Crippen LogP contribution is 2.22. The van der Waals surface area contributed by atoms with Crippen LogP contribution in [0.3, 0.4) is 0 Å². The number of carbonyl (C=O) groups is 1. The molecule has 1 saturated heterocycles. The van der Waals surface area contributed by atoms with E-state index in [1.807, 2.05) is 0 Å². The lowest BCUT2D eigenvalue weighted by Crippen LogP contribution is -2.43. The molecule has 1 aliphatic heterocycles. The number of benzene rings is 2. The fourth-order valence-electron chi connectivity index (χ4n) is 3.52. The van der Waals surface area contributed by atoms with Crippen LogP contribution in [0.4, 0.5) is 4.39 Å². The number of ether oxygens (including phenoxy) is 1. The van der Waals surface area contributed by atoms with Crippen molar-refractivity contribution in [3.63, 3.8) is 0 Å². The van der Waals surface area contributed by atoms with E-state index in [1.54, 1.807) is 41.3 Å². The minimum atomic E-state index is -0.365. The number of halogens is 1. The molecule has 2 aromatic carbocycles. The number of aromatic nitrogens is 2. The van der Waals surface area contributed by atoms with Crippen molar-refractivity contribution in [2.24, 2.45) is 0 Å². The van der Waals surface area contributed by atoms with Crippen molar-refractivity contribution < 1.29 is 13.9 Å². The molecule has 29 heavy (non-hydrogen) atoms. The van der Waals surface area contributed by atoms with Crippen LogP contribution in [-0.2, 0) is 16.1 Å². The van der Waals surface area contributed by atoms with Crippen LogP contribution in [0.2, 0.25) is 0 Å². The number of carbonyl (C=O) groups excluding carboxylic acids is 1. The van der Waals surface area contributed by atoms with Gasteiger partial charge in [0, 0.05) is 13.0 Å². The van der Waals surface area contributed by atoms with E-state index >= 15 is 0 Å². The zero-order valence-electron chi connectivity index (χ0n) is 15.6. The second-order valence-corrected chi connectivity index (χ2v) is 6.94. The van der Waals surface area contributed by atoms with E-state index in [0.29, 0.717) is 30.5 Å². The number of rotatable bonds is 4. The summed E-state index contributed by atoms with van der Waals surface area (Å²) < 4.78 is 20.0. The number of aromatic amines is 1. The van der Waals surface area contributed by atoms with Gasteiger partial charge in [-0.15, -0.1) is 0 Å². The Kier molecular flexibility index (Phi) is 5.26. The van der Waals surface area contributed by atoms with Crippen LogP contribution in [0.1, 0.15) is 18.1 Å². The third-order valence-electron chi connectivity index (χ3n) is 5.09. The first kappa shape index (κ1) is 19.1. The molecule has 0 saturated carbocycles. The van der Waals surface area contributed by atoms with E-state index in [0.717, 1.165) is 5.56 Å². The number of nitrogens with one attached hydrogen (secondary N) is 1.